The molecule has 1 aromatic carbocycles. The van der Waals surface area contributed by atoms with Crippen LogP contribution in [0.5, 0.6) is 0 Å². The molecule has 0 aliphatic rings. The van der Waals surface area contributed by atoms with Gasteiger partial charge in [0, 0.05) is 11.6 Å². The fourth-order valence-electron chi connectivity index (χ4n) is 3.32. The van der Waals surface area contributed by atoms with Crippen molar-refractivity contribution in [3.05, 3.63) is 65.2 Å². The standard InChI is InChI=1S/C19H16ClN7/c1-11-16(20)19-22-17(13-7-3-4-8-14(13)27(19)25-11)21-12(2)18-24-23-15-9-5-6-10-26(15)18/h3-10,12H,1-2H3,(H,21,22). The normalized spacial score (nSPS) is 12.9. The first-order valence-corrected chi connectivity index (χ1v) is 9.01. The second kappa shape index (κ2) is 5.92. The summed E-state index contributed by atoms with van der Waals surface area (Å²) >= 11 is 6.43. The maximum Gasteiger partial charge on any atom is 0.176 e. The van der Waals surface area contributed by atoms with Crippen LogP contribution in [0.4, 0.5) is 5.82 Å². The van der Waals surface area contributed by atoms with Gasteiger partial charge in [0.05, 0.1) is 17.3 Å². The lowest BCUT2D eigenvalue weighted by atomic mass is 10.2. The fraction of sp³-hybridized carbons (Fsp3) is 0.158. The third-order valence-corrected chi connectivity index (χ3v) is 5.09. The maximum absolute atomic E-state index is 6.43. The molecule has 0 aliphatic heterocycles. The van der Waals surface area contributed by atoms with E-state index in [9.17, 15) is 0 Å². The van der Waals surface area contributed by atoms with E-state index in [0.717, 1.165) is 33.9 Å². The number of hydrogen-bond acceptors (Lipinski definition) is 5. The van der Waals surface area contributed by atoms with E-state index in [1.807, 2.05) is 66.9 Å². The summed E-state index contributed by atoms with van der Waals surface area (Å²) < 4.78 is 3.75. The monoisotopic (exact) mass is 377 g/mol. The highest BCUT2D eigenvalue weighted by Crippen LogP contribution is 2.30. The molecule has 4 aromatic heterocycles. The SMILES string of the molecule is Cc1nn2c(nc(NC(C)c3nnc4ccccn34)c3ccccc32)c1Cl. The number of para-hydroxylation sites is 1. The molecule has 1 unspecified atom stereocenters. The van der Waals surface area contributed by atoms with E-state index in [1.165, 1.54) is 0 Å². The van der Waals surface area contributed by atoms with E-state index in [1.54, 1.807) is 4.52 Å². The summed E-state index contributed by atoms with van der Waals surface area (Å²) in [4.78, 5) is 4.75. The zero-order valence-electron chi connectivity index (χ0n) is 14.8. The van der Waals surface area contributed by atoms with Crippen molar-refractivity contribution in [3.8, 4) is 0 Å². The number of hydrogen-bond donors (Lipinski definition) is 1. The Morgan fingerprint density at radius 3 is 2.78 bits per heavy atom. The lowest BCUT2D eigenvalue weighted by molar-refractivity contribution is 0.769. The zero-order chi connectivity index (χ0) is 18.5. The molecule has 0 radical (unpaired) electrons. The fourth-order valence-corrected chi connectivity index (χ4v) is 3.48. The largest absolute Gasteiger partial charge is 0.360 e. The van der Waals surface area contributed by atoms with E-state index < -0.39 is 0 Å². The summed E-state index contributed by atoms with van der Waals surface area (Å²) in [5.74, 6) is 1.55. The molecule has 1 N–H and O–H groups in total. The number of nitrogens with one attached hydrogen (secondary N) is 1. The van der Waals surface area contributed by atoms with Crippen molar-refractivity contribution < 1.29 is 0 Å². The third-order valence-electron chi connectivity index (χ3n) is 4.65. The molecule has 0 aliphatic carbocycles. The number of fused-ring (bicyclic) bond motifs is 4. The van der Waals surface area contributed by atoms with Crippen LogP contribution in [-0.4, -0.2) is 29.2 Å². The molecule has 0 saturated carbocycles. The molecule has 0 bridgehead atoms. The number of aryl methyl sites for hydroxylation is 1. The first-order valence-electron chi connectivity index (χ1n) is 8.63. The molecule has 27 heavy (non-hydrogen) atoms. The van der Waals surface area contributed by atoms with Gasteiger partial charge in [0.2, 0.25) is 0 Å². The summed E-state index contributed by atoms with van der Waals surface area (Å²) in [5.41, 5.74) is 3.14. The first kappa shape index (κ1) is 16.0. The van der Waals surface area contributed by atoms with Crippen molar-refractivity contribution in [2.45, 2.75) is 19.9 Å². The Hall–Kier alpha value is -3.19. The van der Waals surface area contributed by atoms with Crippen molar-refractivity contribution >= 4 is 39.6 Å². The molecule has 0 fully saturated rings. The lowest BCUT2D eigenvalue weighted by Gasteiger charge is -2.15. The van der Waals surface area contributed by atoms with Crippen LogP contribution in [0.2, 0.25) is 5.02 Å². The number of pyridine rings is 1. The zero-order valence-corrected chi connectivity index (χ0v) is 15.5. The van der Waals surface area contributed by atoms with Gasteiger partial charge in [-0.2, -0.15) is 5.10 Å². The molecule has 1 atom stereocenters. The predicted molar refractivity (Wildman–Crippen MR) is 105 cm³/mol. The van der Waals surface area contributed by atoms with Crippen molar-refractivity contribution in [2.75, 3.05) is 5.32 Å². The van der Waals surface area contributed by atoms with Crippen LogP contribution in [0.25, 0.3) is 22.2 Å². The van der Waals surface area contributed by atoms with Crippen molar-refractivity contribution in [1.29, 1.82) is 0 Å². The molecule has 0 amide bonds. The molecule has 5 aromatic rings. The minimum absolute atomic E-state index is 0.108. The molecule has 4 heterocycles. The van der Waals surface area contributed by atoms with E-state index in [0.29, 0.717) is 10.7 Å². The van der Waals surface area contributed by atoms with Gasteiger partial charge in [-0.15, -0.1) is 10.2 Å². The number of aromatic nitrogens is 6. The Balaban J connectivity index is 1.66. The number of benzene rings is 1. The van der Waals surface area contributed by atoms with Gasteiger partial charge in [-0.05, 0) is 38.1 Å². The lowest BCUT2D eigenvalue weighted by Crippen LogP contribution is -2.12. The van der Waals surface area contributed by atoms with Crippen LogP contribution in [0.15, 0.2) is 48.7 Å². The summed E-state index contributed by atoms with van der Waals surface area (Å²) in [5, 5.41) is 18.1. The summed E-state index contributed by atoms with van der Waals surface area (Å²) in [6.45, 7) is 3.91. The van der Waals surface area contributed by atoms with Crippen LogP contribution in [0, 0.1) is 6.92 Å². The topological polar surface area (TPSA) is 72.4 Å². The molecule has 134 valence electrons. The summed E-state index contributed by atoms with van der Waals surface area (Å²) in [7, 11) is 0. The predicted octanol–water partition coefficient (Wildman–Crippen LogP) is 4.06. The van der Waals surface area contributed by atoms with Gasteiger partial charge in [0.15, 0.2) is 17.1 Å². The third kappa shape index (κ3) is 2.43. The van der Waals surface area contributed by atoms with Gasteiger partial charge in [-0.1, -0.05) is 29.8 Å². The number of rotatable bonds is 3. The Bertz CT molecular complexity index is 1300. The molecule has 7 nitrogen and oxygen atoms in total. The summed E-state index contributed by atoms with van der Waals surface area (Å²) in [6.07, 6.45) is 1.95. The van der Waals surface area contributed by atoms with Crippen molar-refractivity contribution in [3.63, 3.8) is 0 Å². The van der Waals surface area contributed by atoms with E-state index in [-0.39, 0.29) is 6.04 Å². The Labute approximate surface area is 159 Å². The minimum Gasteiger partial charge on any atom is -0.360 e. The van der Waals surface area contributed by atoms with Gasteiger partial charge in [0.1, 0.15) is 10.8 Å². The van der Waals surface area contributed by atoms with E-state index in [4.69, 9.17) is 16.6 Å². The van der Waals surface area contributed by atoms with Gasteiger partial charge in [-0.25, -0.2) is 9.50 Å². The Morgan fingerprint density at radius 1 is 1.07 bits per heavy atom. The van der Waals surface area contributed by atoms with Gasteiger partial charge in [0.25, 0.3) is 0 Å². The van der Waals surface area contributed by atoms with Crippen molar-refractivity contribution in [2.24, 2.45) is 0 Å². The molecular weight excluding hydrogens is 362 g/mol. The quantitative estimate of drug-likeness (QED) is 0.513. The van der Waals surface area contributed by atoms with Crippen LogP contribution in [-0.2, 0) is 0 Å². The van der Waals surface area contributed by atoms with Gasteiger partial charge < -0.3 is 5.32 Å². The van der Waals surface area contributed by atoms with Gasteiger partial charge >= 0.3 is 0 Å². The molecule has 0 spiro atoms. The van der Waals surface area contributed by atoms with Crippen molar-refractivity contribution in [1.82, 2.24) is 29.2 Å². The van der Waals surface area contributed by atoms with Crippen LogP contribution in [0.3, 0.4) is 0 Å². The van der Waals surface area contributed by atoms with E-state index in [2.05, 4.69) is 20.6 Å². The van der Waals surface area contributed by atoms with Crippen LogP contribution in [0.1, 0.15) is 24.5 Å². The van der Waals surface area contributed by atoms with Crippen LogP contribution < -0.4 is 5.32 Å². The average Bonchev–Trinajstić information content (AvgIpc) is 3.24. The molecule has 5 rings (SSSR count). The Kier molecular flexibility index (Phi) is 3.51. The highest BCUT2D eigenvalue weighted by atomic mass is 35.5. The smallest absolute Gasteiger partial charge is 0.176 e. The highest BCUT2D eigenvalue weighted by molar-refractivity contribution is 6.34. The van der Waals surface area contributed by atoms with Gasteiger partial charge in [-0.3, -0.25) is 4.40 Å². The molecule has 0 saturated heterocycles. The Morgan fingerprint density at radius 2 is 1.89 bits per heavy atom. The second-order valence-corrected chi connectivity index (χ2v) is 6.84. The molecule has 8 heteroatoms. The number of anilines is 1. The summed E-state index contributed by atoms with van der Waals surface area (Å²) in [6, 6.07) is 13.7. The van der Waals surface area contributed by atoms with E-state index >= 15 is 0 Å². The van der Waals surface area contributed by atoms with Crippen LogP contribution >= 0.6 is 11.6 Å². The maximum atomic E-state index is 6.43. The highest BCUT2D eigenvalue weighted by Gasteiger charge is 2.18. The first-order chi connectivity index (χ1) is 13.1. The number of nitrogens with zero attached hydrogens (tertiary/aromatic N) is 6. The number of halogens is 1. The second-order valence-electron chi connectivity index (χ2n) is 6.47. The average molecular weight is 378 g/mol. The minimum atomic E-state index is -0.108. The molecular formula is C19H16ClN7.